The molecular formula is C10H12BrN3O. The minimum atomic E-state index is -0.0194. The number of carbonyl (C=O) groups is 1. The molecule has 2 heterocycles. The lowest BCUT2D eigenvalue weighted by Crippen LogP contribution is -2.57. The molecule has 1 aromatic heterocycles. The largest absolute Gasteiger partial charge is 0.335 e. The van der Waals surface area contributed by atoms with Gasteiger partial charge in [-0.05, 0) is 28.1 Å². The summed E-state index contributed by atoms with van der Waals surface area (Å²) in [7, 11) is 1.82. The number of aromatic nitrogens is 1. The zero-order valence-corrected chi connectivity index (χ0v) is 9.99. The van der Waals surface area contributed by atoms with Gasteiger partial charge in [0.2, 0.25) is 0 Å². The summed E-state index contributed by atoms with van der Waals surface area (Å²) in [6.45, 7) is 1.75. The second-order valence-corrected chi connectivity index (χ2v) is 4.51. The molecule has 15 heavy (non-hydrogen) atoms. The van der Waals surface area contributed by atoms with Crippen LogP contribution in [0.5, 0.6) is 0 Å². The quantitative estimate of drug-likeness (QED) is 0.868. The van der Waals surface area contributed by atoms with Crippen molar-refractivity contribution in [1.29, 1.82) is 0 Å². The van der Waals surface area contributed by atoms with Gasteiger partial charge in [0.25, 0.3) is 5.91 Å². The van der Waals surface area contributed by atoms with Gasteiger partial charge < -0.3 is 10.2 Å². The minimum absolute atomic E-state index is 0.0194. The molecule has 1 aromatic rings. The molecule has 0 aromatic carbocycles. The molecule has 0 aliphatic carbocycles. The van der Waals surface area contributed by atoms with Crippen molar-refractivity contribution in [3.63, 3.8) is 0 Å². The monoisotopic (exact) mass is 269 g/mol. The summed E-state index contributed by atoms with van der Waals surface area (Å²) in [5.41, 5.74) is 0.493. The van der Waals surface area contributed by atoms with Crippen LogP contribution >= 0.6 is 15.9 Å². The zero-order valence-electron chi connectivity index (χ0n) is 8.40. The van der Waals surface area contributed by atoms with Crippen molar-refractivity contribution in [2.24, 2.45) is 0 Å². The molecule has 5 heteroatoms. The van der Waals surface area contributed by atoms with Crippen LogP contribution in [0.3, 0.4) is 0 Å². The van der Waals surface area contributed by atoms with Gasteiger partial charge in [0.1, 0.15) is 5.69 Å². The number of hydrogen-bond donors (Lipinski definition) is 1. The van der Waals surface area contributed by atoms with E-state index in [4.69, 9.17) is 0 Å². The van der Waals surface area contributed by atoms with E-state index in [-0.39, 0.29) is 5.91 Å². The summed E-state index contributed by atoms with van der Waals surface area (Å²) < 4.78 is 0.881. The van der Waals surface area contributed by atoms with Crippen molar-refractivity contribution in [2.75, 3.05) is 20.1 Å². The van der Waals surface area contributed by atoms with Crippen LogP contribution in [0.15, 0.2) is 22.8 Å². The van der Waals surface area contributed by atoms with Gasteiger partial charge in [0.05, 0.1) is 6.04 Å². The van der Waals surface area contributed by atoms with Crippen molar-refractivity contribution in [2.45, 2.75) is 6.04 Å². The van der Waals surface area contributed by atoms with E-state index in [2.05, 4.69) is 26.2 Å². The van der Waals surface area contributed by atoms with Gasteiger partial charge in [-0.2, -0.15) is 0 Å². The number of hydrogen-bond acceptors (Lipinski definition) is 3. The Morgan fingerprint density at radius 2 is 2.33 bits per heavy atom. The normalized spacial score (nSPS) is 15.9. The van der Waals surface area contributed by atoms with Gasteiger partial charge in [-0.3, -0.25) is 4.79 Å². The fraction of sp³-hybridized carbons (Fsp3) is 0.400. The Labute approximate surface area is 96.8 Å². The molecule has 0 saturated carbocycles. The smallest absolute Gasteiger partial charge is 0.272 e. The Hall–Kier alpha value is -0.940. The first-order chi connectivity index (χ1) is 7.18. The molecule has 0 bridgehead atoms. The summed E-state index contributed by atoms with van der Waals surface area (Å²) in [6.07, 6.45) is 1.64. The second-order valence-electron chi connectivity index (χ2n) is 3.59. The Morgan fingerprint density at radius 1 is 1.60 bits per heavy atom. The van der Waals surface area contributed by atoms with Crippen LogP contribution in [0, 0.1) is 0 Å². The minimum Gasteiger partial charge on any atom is -0.335 e. The fourth-order valence-corrected chi connectivity index (χ4v) is 1.63. The van der Waals surface area contributed by atoms with Crippen molar-refractivity contribution in [3.8, 4) is 0 Å². The summed E-state index contributed by atoms with van der Waals surface area (Å²) in [6, 6.07) is 3.87. The van der Waals surface area contributed by atoms with Crippen LogP contribution in [0.2, 0.25) is 0 Å². The number of rotatable bonds is 2. The first kappa shape index (κ1) is 10.6. The summed E-state index contributed by atoms with van der Waals surface area (Å²) in [5, 5.41) is 3.14. The van der Waals surface area contributed by atoms with Crippen LogP contribution in [-0.4, -0.2) is 42.0 Å². The number of pyridine rings is 1. The van der Waals surface area contributed by atoms with E-state index in [1.807, 2.05) is 13.1 Å². The molecule has 1 amide bonds. The van der Waals surface area contributed by atoms with Crippen LogP contribution in [0.4, 0.5) is 0 Å². The number of halogens is 1. The van der Waals surface area contributed by atoms with E-state index in [1.54, 1.807) is 17.2 Å². The molecule has 0 unspecified atom stereocenters. The van der Waals surface area contributed by atoms with Gasteiger partial charge in [-0.15, -0.1) is 0 Å². The first-order valence-electron chi connectivity index (χ1n) is 4.78. The van der Waals surface area contributed by atoms with Crippen molar-refractivity contribution >= 4 is 21.8 Å². The Bertz CT molecular complexity index is 361. The van der Waals surface area contributed by atoms with Gasteiger partial charge in [0, 0.05) is 30.8 Å². The molecule has 4 nitrogen and oxygen atoms in total. The van der Waals surface area contributed by atoms with E-state index < -0.39 is 0 Å². The van der Waals surface area contributed by atoms with Crippen molar-refractivity contribution in [1.82, 2.24) is 15.2 Å². The topological polar surface area (TPSA) is 45.2 Å². The summed E-state index contributed by atoms with van der Waals surface area (Å²) in [5.74, 6) is -0.0194. The van der Waals surface area contributed by atoms with Crippen LogP contribution in [0.1, 0.15) is 10.5 Å². The molecule has 2 rings (SSSR count). The molecule has 0 atom stereocenters. The average molecular weight is 270 g/mol. The SMILES string of the molecule is CN(C(=O)c1ccc(Br)cn1)C1CNC1. The van der Waals surface area contributed by atoms with E-state index >= 15 is 0 Å². The number of amides is 1. The summed E-state index contributed by atoms with van der Waals surface area (Å²) in [4.78, 5) is 17.7. The van der Waals surface area contributed by atoms with Crippen LogP contribution < -0.4 is 5.32 Å². The van der Waals surface area contributed by atoms with E-state index in [0.717, 1.165) is 17.6 Å². The molecule has 1 N–H and O–H groups in total. The molecule has 1 aliphatic heterocycles. The lowest BCUT2D eigenvalue weighted by atomic mass is 10.1. The van der Waals surface area contributed by atoms with Gasteiger partial charge in [0.15, 0.2) is 0 Å². The highest BCUT2D eigenvalue weighted by atomic mass is 79.9. The zero-order chi connectivity index (χ0) is 10.8. The molecule has 0 radical (unpaired) electrons. The maximum atomic E-state index is 11.9. The highest BCUT2D eigenvalue weighted by Gasteiger charge is 2.26. The third-order valence-corrected chi connectivity index (χ3v) is 3.04. The third-order valence-electron chi connectivity index (χ3n) is 2.57. The molecule has 1 saturated heterocycles. The maximum absolute atomic E-state index is 11.9. The second kappa shape index (κ2) is 4.28. The van der Waals surface area contributed by atoms with Crippen LogP contribution in [0.25, 0.3) is 0 Å². The van der Waals surface area contributed by atoms with Crippen molar-refractivity contribution < 1.29 is 4.79 Å². The fourth-order valence-electron chi connectivity index (χ4n) is 1.40. The van der Waals surface area contributed by atoms with E-state index in [9.17, 15) is 4.79 Å². The Morgan fingerprint density at radius 3 is 2.80 bits per heavy atom. The highest BCUT2D eigenvalue weighted by molar-refractivity contribution is 9.10. The molecule has 1 aliphatic rings. The van der Waals surface area contributed by atoms with Crippen molar-refractivity contribution in [3.05, 3.63) is 28.5 Å². The number of nitrogens with zero attached hydrogens (tertiary/aromatic N) is 2. The Balaban J connectivity index is 2.09. The number of likely N-dealkylation sites (N-methyl/N-ethyl adjacent to an activating group) is 1. The standard InChI is InChI=1S/C10H12BrN3O/c1-14(8-5-12-6-8)10(15)9-3-2-7(11)4-13-9/h2-4,8,12H,5-6H2,1H3. The molecule has 80 valence electrons. The average Bonchev–Trinajstić information content (AvgIpc) is 2.15. The molecular weight excluding hydrogens is 258 g/mol. The molecule has 0 spiro atoms. The maximum Gasteiger partial charge on any atom is 0.272 e. The number of nitrogens with one attached hydrogen (secondary N) is 1. The lowest BCUT2D eigenvalue weighted by molar-refractivity contribution is 0.0675. The van der Waals surface area contributed by atoms with Crippen LogP contribution in [-0.2, 0) is 0 Å². The highest BCUT2D eigenvalue weighted by Crippen LogP contribution is 2.11. The molecule has 1 fully saturated rings. The van der Waals surface area contributed by atoms with Gasteiger partial charge >= 0.3 is 0 Å². The van der Waals surface area contributed by atoms with Gasteiger partial charge in [-0.1, -0.05) is 0 Å². The summed E-state index contributed by atoms with van der Waals surface area (Å²) >= 11 is 3.29. The predicted octanol–water partition coefficient (Wildman–Crippen LogP) is 0.888. The lowest BCUT2D eigenvalue weighted by Gasteiger charge is -2.35. The Kier molecular flexibility index (Phi) is 3.02. The third kappa shape index (κ3) is 2.18. The van der Waals surface area contributed by atoms with E-state index in [0.29, 0.717) is 11.7 Å². The predicted molar refractivity (Wildman–Crippen MR) is 60.7 cm³/mol. The number of carbonyl (C=O) groups excluding carboxylic acids is 1. The first-order valence-corrected chi connectivity index (χ1v) is 5.57. The van der Waals surface area contributed by atoms with Gasteiger partial charge in [-0.25, -0.2) is 4.98 Å². The van der Waals surface area contributed by atoms with E-state index in [1.165, 1.54) is 0 Å².